The average Bonchev–Trinajstić information content (AvgIpc) is 3.47. The van der Waals surface area contributed by atoms with Crippen molar-refractivity contribution in [3.05, 3.63) is 87.9 Å². The first-order valence-electron chi connectivity index (χ1n) is 11.7. The number of likely N-dealkylation sites (tertiary alicyclic amines) is 1. The zero-order valence-electron chi connectivity index (χ0n) is 18.9. The highest BCUT2D eigenvalue weighted by molar-refractivity contribution is 7.16. The van der Waals surface area contributed by atoms with Crippen LogP contribution in [0.5, 0.6) is 0 Å². The molecule has 0 amide bonds. The Hall–Kier alpha value is -2.64. The third kappa shape index (κ3) is 5.20. The minimum Gasteiger partial charge on any atom is -0.477 e. The molecule has 1 fully saturated rings. The summed E-state index contributed by atoms with van der Waals surface area (Å²) in [6.45, 7) is 5.05. The van der Waals surface area contributed by atoms with Gasteiger partial charge in [0.2, 0.25) is 0 Å². The lowest BCUT2D eigenvalue weighted by molar-refractivity contribution is 0.0702. The van der Waals surface area contributed by atoms with Gasteiger partial charge in [-0.3, -0.25) is 4.90 Å². The van der Waals surface area contributed by atoms with Crippen molar-refractivity contribution in [3.63, 3.8) is 0 Å². The van der Waals surface area contributed by atoms with E-state index >= 15 is 0 Å². The molecule has 0 saturated carbocycles. The van der Waals surface area contributed by atoms with Gasteiger partial charge in [-0.15, -0.1) is 11.3 Å². The molecule has 0 atom stereocenters. The number of carbonyl (C=O) groups is 1. The number of rotatable bonds is 8. The van der Waals surface area contributed by atoms with E-state index in [9.17, 15) is 9.90 Å². The molecule has 5 rings (SSSR count). The Morgan fingerprint density at radius 2 is 1.82 bits per heavy atom. The lowest BCUT2D eigenvalue weighted by Crippen LogP contribution is -2.36. The number of aromatic carboxylic acids is 1. The number of aromatic nitrogens is 1. The summed E-state index contributed by atoms with van der Waals surface area (Å²) in [6.07, 6.45) is 4.55. The van der Waals surface area contributed by atoms with Gasteiger partial charge in [0.15, 0.2) is 0 Å². The van der Waals surface area contributed by atoms with Crippen molar-refractivity contribution >= 4 is 39.8 Å². The summed E-state index contributed by atoms with van der Waals surface area (Å²) in [7, 11) is 0. The molecule has 1 aliphatic heterocycles. The van der Waals surface area contributed by atoms with Gasteiger partial charge in [0.05, 0.1) is 5.52 Å². The van der Waals surface area contributed by atoms with Crippen LogP contribution in [0.1, 0.15) is 33.6 Å². The molecule has 7 heteroatoms. The Kier molecular flexibility index (Phi) is 7.02. The number of carboxylic acids is 1. The van der Waals surface area contributed by atoms with Crippen molar-refractivity contribution in [1.29, 1.82) is 0 Å². The lowest BCUT2D eigenvalue weighted by atomic mass is 9.96. The number of halogens is 1. The molecule has 1 saturated heterocycles. The number of thiophene rings is 1. The van der Waals surface area contributed by atoms with Gasteiger partial charge in [-0.25, -0.2) is 4.79 Å². The van der Waals surface area contributed by atoms with E-state index in [1.807, 2.05) is 24.3 Å². The van der Waals surface area contributed by atoms with Crippen LogP contribution in [0.4, 0.5) is 0 Å². The molecule has 0 bridgehead atoms. The van der Waals surface area contributed by atoms with Gasteiger partial charge < -0.3 is 15.0 Å². The number of benzene rings is 2. The van der Waals surface area contributed by atoms with Crippen LogP contribution in [0.3, 0.4) is 0 Å². The second kappa shape index (κ2) is 10.3. The highest BCUT2D eigenvalue weighted by Crippen LogP contribution is 2.29. The first-order valence-corrected chi connectivity index (χ1v) is 12.9. The Labute approximate surface area is 208 Å². The number of piperidine rings is 1. The predicted molar refractivity (Wildman–Crippen MR) is 139 cm³/mol. The Morgan fingerprint density at radius 3 is 2.56 bits per heavy atom. The minimum absolute atomic E-state index is 0.356. The fourth-order valence-corrected chi connectivity index (χ4v) is 5.71. The third-order valence-electron chi connectivity index (χ3n) is 6.61. The molecule has 34 heavy (non-hydrogen) atoms. The molecule has 2 aromatic carbocycles. The second-order valence-electron chi connectivity index (χ2n) is 8.96. The van der Waals surface area contributed by atoms with Gasteiger partial charge in [0, 0.05) is 29.7 Å². The van der Waals surface area contributed by atoms with Crippen molar-refractivity contribution in [1.82, 2.24) is 14.8 Å². The quantitative estimate of drug-likeness (QED) is 0.314. The van der Waals surface area contributed by atoms with Crippen LogP contribution in [0.15, 0.2) is 66.9 Å². The predicted octanol–water partition coefficient (Wildman–Crippen LogP) is 6.05. The fraction of sp³-hybridized carbons (Fsp3) is 0.296. The highest BCUT2D eigenvalue weighted by Gasteiger charge is 2.19. The van der Waals surface area contributed by atoms with Gasteiger partial charge in [0.25, 0.3) is 0 Å². The number of para-hydroxylation sites is 1. The summed E-state index contributed by atoms with van der Waals surface area (Å²) in [5.74, 6) is -0.195. The Balaban J connectivity index is 1.17. The first kappa shape index (κ1) is 23.1. The van der Waals surface area contributed by atoms with Crippen molar-refractivity contribution in [2.75, 3.05) is 19.6 Å². The smallest absolute Gasteiger partial charge is 0.345 e. The first-order chi connectivity index (χ1) is 16.6. The highest BCUT2D eigenvalue weighted by atomic mass is 35.5. The number of hydrogen-bond acceptors (Lipinski definition) is 4. The maximum atomic E-state index is 11.3. The van der Waals surface area contributed by atoms with Crippen molar-refractivity contribution in [2.24, 2.45) is 5.92 Å². The molecule has 5 nitrogen and oxygen atoms in total. The van der Waals surface area contributed by atoms with E-state index in [2.05, 4.69) is 51.3 Å². The number of hydrogen-bond donors (Lipinski definition) is 2. The molecular formula is C27H28ClN3O2S. The molecule has 1 aliphatic rings. The van der Waals surface area contributed by atoms with E-state index < -0.39 is 5.97 Å². The van der Waals surface area contributed by atoms with Crippen molar-refractivity contribution in [3.8, 4) is 5.00 Å². The topological polar surface area (TPSA) is 57.5 Å². The van der Waals surface area contributed by atoms with Crippen LogP contribution in [0.25, 0.3) is 15.9 Å². The lowest BCUT2D eigenvalue weighted by Gasteiger charge is -2.32. The summed E-state index contributed by atoms with van der Waals surface area (Å²) in [6, 6.07) is 20.0. The van der Waals surface area contributed by atoms with Crippen molar-refractivity contribution < 1.29 is 9.90 Å². The summed E-state index contributed by atoms with van der Waals surface area (Å²) >= 11 is 7.30. The third-order valence-corrected chi connectivity index (χ3v) is 7.93. The summed E-state index contributed by atoms with van der Waals surface area (Å²) in [4.78, 5) is 14.2. The molecule has 0 radical (unpaired) electrons. The normalized spacial score (nSPS) is 15.2. The van der Waals surface area contributed by atoms with Crippen LogP contribution < -0.4 is 5.32 Å². The van der Waals surface area contributed by atoms with Crippen LogP contribution in [-0.4, -0.2) is 40.2 Å². The van der Waals surface area contributed by atoms with Crippen LogP contribution in [0.2, 0.25) is 5.02 Å². The summed E-state index contributed by atoms with van der Waals surface area (Å²) < 4.78 is 2.11. The number of fused-ring (bicyclic) bond motifs is 1. The zero-order chi connectivity index (χ0) is 23.5. The molecule has 2 aromatic heterocycles. The van der Waals surface area contributed by atoms with Crippen LogP contribution in [-0.2, 0) is 13.1 Å². The van der Waals surface area contributed by atoms with Gasteiger partial charge >= 0.3 is 5.97 Å². The number of nitrogens with one attached hydrogen (secondary N) is 1. The molecular weight excluding hydrogens is 466 g/mol. The number of carboxylic acid groups (broad SMARTS) is 1. The molecule has 176 valence electrons. The maximum Gasteiger partial charge on any atom is 0.345 e. The summed E-state index contributed by atoms with van der Waals surface area (Å²) in [5, 5.41) is 15.9. The average molecular weight is 494 g/mol. The Morgan fingerprint density at radius 1 is 1.06 bits per heavy atom. The fourth-order valence-electron chi connectivity index (χ4n) is 4.75. The molecule has 0 aliphatic carbocycles. The zero-order valence-corrected chi connectivity index (χ0v) is 20.5. The van der Waals surface area contributed by atoms with E-state index in [4.69, 9.17) is 11.6 Å². The molecule has 4 aromatic rings. The second-order valence-corrected chi connectivity index (χ2v) is 10.5. The van der Waals surface area contributed by atoms with Gasteiger partial charge in [0.1, 0.15) is 9.88 Å². The van der Waals surface area contributed by atoms with Crippen molar-refractivity contribution in [2.45, 2.75) is 25.9 Å². The SMILES string of the molecule is O=C(O)c1ccc(-n2cc(CNCC3CCN(Cc4ccc(Cl)cc4)CC3)c3ccccc32)s1. The van der Waals surface area contributed by atoms with Gasteiger partial charge in [-0.1, -0.05) is 41.9 Å². The van der Waals surface area contributed by atoms with Crippen LogP contribution in [0, 0.1) is 5.92 Å². The number of nitrogens with zero attached hydrogens (tertiary/aromatic N) is 2. The van der Waals surface area contributed by atoms with Gasteiger partial charge in [-0.05, 0) is 79.9 Å². The van der Waals surface area contributed by atoms with E-state index in [1.54, 1.807) is 6.07 Å². The van der Waals surface area contributed by atoms with Crippen LogP contribution >= 0.6 is 22.9 Å². The molecule has 3 heterocycles. The van der Waals surface area contributed by atoms with E-state index in [-0.39, 0.29) is 0 Å². The Bertz CT molecular complexity index is 1270. The van der Waals surface area contributed by atoms with E-state index in [0.29, 0.717) is 10.8 Å². The van der Waals surface area contributed by atoms with Gasteiger partial charge in [-0.2, -0.15) is 0 Å². The largest absolute Gasteiger partial charge is 0.477 e. The minimum atomic E-state index is -0.881. The standard InChI is InChI=1S/C27H28ClN3O2S/c28-22-7-5-20(6-8-22)17-30-13-11-19(12-14-30)15-29-16-21-18-31(24-4-2-1-3-23(21)24)26-10-9-25(34-26)27(32)33/h1-10,18-19,29H,11-17H2,(H,32,33). The maximum absolute atomic E-state index is 11.3. The molecule has 2 N–H and O–H groups in total. The monoisotopic (exact) mass is 493 g/mol. The van der Waals surface area contributed by atoms with E-state index in [1.165, 1.54) is 40.7 Å². The summed E-state index contributed by atoms with van der Waals surface area (Å²) in [5.41, 5.74) is 3.66. The molecule has 0 spiro atoms. The molecule has 0 unspecified atom stereocenters. The van der Waals surface area contributed by atoms with E-state index in [0.717, 1.165) is 48.3 Å².